The molecule has 240 valence electrons. The molecule has 0 aromatic heterocycles. The van der Waals surface area contributed by atoms with E-state index in [4.69, 9.17) is 73.8 Å². The molecule has 40 heavy (non-hydrogen) atoms. The van der Waals surface area contributed by atoms with Gasteiger partial charge in [0, 0.05) is 0 Å². The summed E-state index contributed by atoms with van der Waals surface area (Å²) >= 11 is 38.1. The molecule has 0 saturated carbocycles. The topological polar surface area (TPSA) is 133 Å². The highest BCUT2D eigenvalue weighted by Gasteiger charge is 2.40. The summed E-state index contributed by atoms with van der Waals surface area (Å²) in [6.45, 7) is 2.13. The highest BCUT2D eigenvalue weighted by atomic mass is 35.5. The third kappa shape index (κ3) is 21.7. The Labute approximate surface area is 270 Å². The van der Waals surface area contributed by atoms with E-state index in [1.807, 2.05) is 0 Å². The number of rotatable bonds is 25. The number of alkyl halides is 5. The van der Waals surface area contributed by atoms with Crippen molar-refractivity contribution in [3.8, 4) is 0 Å². The average Bonchev–Trinajstić information content (AvgIpc) is 2.87. The van der Waals surface area contributed by atoms with Crippen molar-refractivity contribution in [3.05, 3.63) is 11.3 Å². The van der Waals surface area contributed by atoms with Crippen LogP contribution >= 0.6 is 69.6 Å². The van der Waals surface area contributed by atoms with Crippen LogP contribution in [0, 0.1) is 0 Å². The third-order valence-electron chi connectivity index (χ3n) is 6.12. The second-order valence-electron chi connectivity index (χ2n) is 9.62. The maximum absolute atomic E-state index is 11.4. The molecule has 0 spiro atoms. The van der Waals surface area contributed by atoms with Crippen molar-refractivity contribution in [1.82, 2.24) is 0 Å². The van der Waals surface area contributed by atoms with Crippen LogP contribution in [-0.4, -0.2) is 58.9 Å². The van der Waals surface area contributed by atoms with E-state index in [1.165, 1.54) is 0 Å². The second-order valence-corrected chi connectivity index (χ2v) is 14.8. The number of hydrogen-bond donors (Lipinski definition) is 0. The third-order valence-corrected chi connectivity index (χ3v) is 10.2. The molecule has 0 unspecified atom stereocenters. The molecule has 0 aliphatic heterocycles. The lowest BCUT2D eigenvalue weighted by atomic mass is 9.99. The number of unbranched alkanes of at least 4 members (excludes halogenated alkanes) is 10. The van der Waals surface area contributed by atoms with Gasteiger partial charge in [-0.15, -0.1) is 58.0 Å². The Bertz CT molecular complexity index is 907. The highest BCUT2D eigenvalue weighted by Crippen LogP contribution is 2.33. The van der Waals surface area contributed by atoms with Crippen LogP contribution in [0.5, 0.6) is 0 Å². The molecule has 0 radical (unpaired) electrons. The Kier molecular flexibility index (Phi) is 23.1. The van der Waals surface area contributed by atoms with Crippen molar-refractivity contribution < 1.29 is 34.3 Å². The average molecular weight is 733 g/mol. The Morgan fingerprint density at radius 1 is 0.675 bits per heavy atom. The normalized spacial score (nSPS) is 17.7. The molecule has 8 nitrogen and oxygen atoms in total. The lowest BCUT2D eigenvalue weighted by molar-refractivity contribution is 0.163. The first-order chi connectivity index (χ1) is 18.6. The van der Waals surface area contributed by atoms with Crippen molar-refractivity contribution in [2.45, 2.75) is 136 Å². The van der Waals surface area contributed by atoms with Crippen molar-refractivity contribution in [1.29, 1.82) is 0 Å². The van der Waals surface area contributed by atoms with Gasteiger partial charge in [-0.25, -0.2) is 16.8 Å². The molecule has 16 heteroatoms. The first-order valence-electron chi connectivity index (χ1n) is 13.4. The maximum Gasteiger partial charge on any atom is 0.262 e. The van der Waals surface area contributed by atoms with Crippen LogP contribution in [0.2, 0.25) is 0 Å². The molecule has 0 aromatic rings. The van der Waals surface area contributed by atoms with Crippen molar-refractivity contribution in [3.63, 3.8) is 0 Å². The fraction of sp³-hybridized carbons (Fsp3) is 0.917. The summed E-state index contributed by atoms with van der Waals surface area (Å²) < 4.78 is 74.0. The van der Waals surface area contributed by atoms with E-state index in [2.05, 4.69) is 11.1 Å². The zero-order valence-electron chi connectivity index (χ0n) is 22.5. The van der Waals surface area contributed by atoms with Gasteiger partial charge in [-0.1, -0.05) is 89.2 Å². The van der Waals surface area contributed by atoms with Gasteiger partial charge in [-0.2, -0.15) is 0 Å². The molecule has 0 fully saturated rings. The predicted molar refractivity (Wildman–Crippen MR) is 162 cm³/mol. The van der Waals surface area contributed by atoms with Crippen molar-refractivity contribution >= 4 is 90.4 Å². The Morgan fingerprint density at radius 3 is 1.60 bits per heavy atom. The van der Waals surface area contributed by atoms with Gasteiger partial charge in [0.05, 0.1) is 31.9 Å². The molecule has 0 rings (SSSR count). The van der Waals surface area contributed by atoms with E-state index in [9.17, 15) is 25.9 Å². The van der Waals surface area contributed by atoms with Crippen LogP contribution in [0.15, 0.2) is 11.3 Å². The standard InChI is InChI=1S/C24H42Cl6O8S2/c1-2-3-4-5-9-13-16-20(27)22(29)24(38-40(34,35)36)23(30)21(28)19(26)15-12-10-7-6-8-11-14-18(25)17-37-39(31,32)33/h17,19-24H,2-16H2,1H3,(H,31,32,33)(H,34,35,36)/p-2/b18-17+/t19-,20+,21+,22-,23-,24-/m1/s1. The Hall–Kier alpha value is 1.06. The van der Waals surface area contributed by atoms with Crippen molar-refractivity contribution in [2.75, 3.05) is 0 Å². The quantitative estimate of drug-likeness (QED) is 0.0301. The number of allylic oxidation sites excluding steroid dienone is 1. The van der Waals surface area contributed by atoms with Gasteiger partial charge < -0.3 is 13.3 Å². The minimum absolute atomic E-state index is 0.141. The minimum Gasteiger partial charge on any atom is -0.726 e. The van der Waals surface area contributed by atoms with E-state index >= 15 is 0 Å². The zero-order chi connectivity index (χ0) is 30.8. The highest BCUT2D eigenvalue weighted by molar-refractivity contribution is 7.81. The van der Waals surface area contributed by atoms with Crippen LogP contribution in [0.4, 0.5) is 0 Å². The number of hydrogen-bond acceptors (Lipinski definition) is 8. The van der Waals surface area contributed by atoms with Gasteiger partial charge >= 0.3 is 0 Å². The maximum atomic E-state index is 11.4. The molecule has 0 aromatic carbocycles. The largest absolute Gasteiger partial charge is 0.726 e. The van der Waals surface area contributed by atoms with Gasteiger partial charge in [-0.3, -0.25) is 4.18 Å². The molecule has 0 bridgehead atoms. The molecular weight excluding hydrogens is 693 g/mol. The van der Waals surface area contributed by atoms with Crippen LogP contribution in [-0.2, 0) is 29.2 Å². The van der Waals surface area contributed by atoms with E-state index in [-0.39, 0.29) is 5.03 Å². The molecule has 6 atom stereocenters. The van der Waals surface area contributed by atoms with Gasteiger partial charge in [0.25, 0.3) is 10.4 Å². The van der Waals surface area contributed by atoms with Crippen LogP contribution in [0.3, 0.4) is 0 Å². The van der Waals surface area contributed by atoms with E-state index in [0.717, 1.165) is 76.9 Å². The fourth-order valence-electron chi connectivity index (χ4n) is 3.95. The minimum atomic E-state index is -5.13. The van der Waals surface area contributed by atoms with E-state index in [0.29, 0.717) is 25.7 Å². The van der Waals surface area contributed by atoms with Gasteiger partial charge in [0.2, 0.25) is 10.4 Å². The van der Waals surface area contributed by atoms with E-state index < -0.39 is 53.8 Å². The molecule has 0 saturated heterocycles. The molecule has 0 aliphatic carbocycles. The smallest absolute Gasteiger partial charge is 0.262 e. The fourth-order valence-corrected chi connectivity index (χ4v) is 6.80. The first kappa shape index (κ1) is 41.1. The second kappa shape index (κ2) is 22.6. The molecular formula is C24H40Cl6O8S2-2. The SMILES string of the molecule is CCCCCCCC[C@H](Cl)[C@@H](Cl)[C@@H](OS(=O)(=O)[O-])[C@H](Cl)[C@@H](Cl)[C@H](Cl)CCCCCCCC/C(Cl)=C\OS(=O)(=O)[O-]. The monoisotopic (exact) mass is 730 g/mol. The van der Waals surface area contributed by atoms with E-state index in [1.54, 1.807) is 0 Å². The molecule has 0 aliphatic rings. The van der Waals surface area contributed by atoms with Gasteiger partial charge in [-0.05, 0) is 25.7 Å². The zero-order valence-corrected chi connectivity index (χ0v) is 28.7. The summed E-state index contributed by atoms with van der Waals surface area (Å²) in [6, 6.07) is 0. The Balaban J connectivity index is 4.59. The lowest BCUT2D eigenvalue weighted by Crippen LogP contribution is -2.46. The lowest BCUT2D eigenvalue weighted by Gasteiger charge is -2.33. The molecule has 0 heterocycles. The number of halogens is 6. The van der Waals surface area contributed by atoms with Crippen LogP contribution < -0.4 is 0 Å². The summed E-state index contributed by atoms with van der Waals surface area (Å²) in [5.41, 5.74) is 0. The molecule has 0 N–H and O–H groups in total. The summed E-state index contributed by atoms with van der Waals surface area (Å²) in [6.07, 6.45) is 11.8. The van der Waals surface area contributed by atoms with Gasteiger partial charge in [0.1, 0.15) is 12.4 Å². The summed E-state index contributed by atoms with van der Waals surface area (Å²) in [4.78, 5) is 0. The first-order valence-corrected chi connectivity index (χ1v) is 18.6. The van der Waals surface area contributed by atoms with Gasteiger partial charge in [0.15, 0.2) is 0 Å². The predicted octanol–water partition coefficient (Wildman–Crippen LogP) is 8.30. The Morgan fingerprint density at radius 2 is 1.12 bits per heavy atom. The van der Waals surface area contributed by atoms with Crippen LogP contribution in [0.1, 0.15) is 103 Å². The summed E-state index contributed by atoms with van der Waals surface area (Å²) in [5, 5.41) is -4.38. The van der Waals surface area contributed by atoms with Crippen molar-refractivity contribution in [2.24, 2.45) is 0 Å². The molecule has 0 amide bonds. The summed E-state index contributed by atoms with van der Waals surface area (Å²) in [7, 11) is -9.94. The van der Waals surface area contributed by atoms with Crippen LogP contribution in [0.25, 0.3) is 0 Å². The summed E-state index contributed by atoms with van der Waals surface area (Å²) in [5.74, 6) is 0.